The highest BCUT2D eigenvalue weighted by atomic mass is 35.5. The van der Waals surface area contributed by atoms with Gasteiger partial charge in [0.25, 0.3) is 0 Å². The van der Waals surface area contributed by atoms with Crippen LogP contribution < -0.4 is 4.90 Å². The molecule has 0 unspecified atom stereocenters. The minimum absolute atomic E-state index is 0.0229. The SMILES string of the molecule is Cc1nc(Cl)c(N(CCO)CCO)nc1C. The number of nitrogens with zero attached hydrogens (tertiary/aromatic N) is 3. The average molecular weight is 246 g/mol. The molecule has 1 aromatic heterocycles. The number of aliphatic hydroxyl groups is 2. The third-order valence-electron chi connectivity index (χ3n) is 2.29. The van der Waals surface area contributed by atoms with Crippen LogP contribution in [-0.2, 0) is 0 Å². The van der Waals surface area contributed by atoms with Crippen LogP contribution in [0.3, 0.4) is 0 Å². The Morgan fingerprint density at radius 3 is 2.06 bits per heavy atom. The summed E-state index contributed by atoms with van der Waals surface area (Å²) in [5.74, 6) is 0.507. The normalized spacial score (nSPS) is 10.6. The fourth-order valence-corrected chi connectivity index (χ4v) is 1.62. The third kappa shape index (κ3) is 3.04. The summed E-state index contributed by atoms with van der Waals surface area (Å²) in [6, 6.07) is 0. The van der Waals surface area contributed by atoms with Crippen molar-refractivity contribution in [1.82, 2.24) is 9.97 Å². The van der Waals surface area contributed by atoms with Crippen LogP contribution in [0.2, 0.25) is 5.15 Å². The van der Waals surface area contributed by atoms with E-state index >= 15 is 0 Å². The summed E-state index contributed by atoms with van der Waals surface area (Å²) in [6.07, 6.45) is 0. The van der Waals surface area contributed by atoms with Crippen LogP contribution in [0.5, 0.6) is 0 Å². The smallest absolute Gasteiger partial charge is 0.171 e. The maximum Gasteiger partial charge on any atom is 0.171 e. The second-order valence-electron chi connectivity index (χ2n) is 3.44. The first-order valence-corrected chi connectivity index (χ1v) is 5.45. The van der Waals surface area contributed by atoms with Crippen molar-refractivity contribution >= 4 is 17.4 Å². The molecule has 1 aromatic rings. The number of anilines is 1. The van der Waals surface area contributed by atoms with Crippen molar-refractivity contribution in [1.29, 1.82) is 0 Å². The van der Waals surface area contributed by atoms with E-state index in [-0.39, 0.29) is 13.2 Å². The Bertz CT molecular complexity index is 354. The molecule has 0 saturated carbocycles. The van der Waals surface area contributed by atoms with E-state index in [2.05, 4.69) is 9.97 Å². The van der Waals surface area contributed by atoms with Gasteiger partial charge in [0, 0.05) is 13.1 Å². The first-order chi connectivity index (χ1) is 7.60. The lowest BCUT2D eigenvalue weighted by Crippen LogP contribution is -2.31. The Hall–Kier alpha value is -0.910. The summed E-state index contributed by atoms with van der Waals surface area (Å²) >= 11 is 5.99. The zero-order valence-corrected chi connectivity index (χ0v) is 10.2. The summed E-state index contributed by atoms with van der Waals surface area (Å²) in [5.41, 5.74) is 1.57. The molecule has 0 amide bonds. The van der Waals surface area contributed by atoms with Crippen LogP contribution in [-0.4, -0.2) is 46.5 Å². The van der Waals surface area contributed by atoms with E-state index in [1.54, 1.807) is 4.90 Å². The highest BCUT2D eigenvalue weighted by molar-refractivity contribution is 6.31. The van der Waals surface area contributed by atoms with Gasteiger partial charge in [0.05, 0.1) is 24.6 Å². The zero-order chi connectivity index (χ0) is 12.1. The largest absolute Gasteiger partial charge is 0.395 e. The number of aliphatic hydroxyl groups excluding tert-OH is 2. The second kappa shape index (κ2) is 5.98. The molecule has 2 N–H and O–H groups in total. The third-order valence-corrected chi connectivity index (χ3v) is 2.54. The Labute approximate surface area is 99.7 Å². The van der Waals surface area contributed by atoms with E-state index in [9.17, 15) is 0 Å². The second-order valence-corrected chi connectivity index (χ2v) is 3.80. The average Bonchev–Trinajstić information content (AvgIpc) is 2.23. The van der Waals surface area contributed by atoms with Crippen LogP contribution in [0.25, 0.3) is 0 Å². The van der Waals surface area contributed by atoms with Gasteiger partial charge in [-0.1, -0.05) is 11.6 Å². The van der Waals surface area contributed by atoms with Crippen LogP contribution in [0.4, 0.5) is 5.82 Å². The van der Waals surface area contributed by atoms with Crippen LogP contribution in [0.15, 0.2) is 0 Å². The lowest BCUT2D eigenvalue weighted by molar-refractivity contribution is 0.280. The standard InChI is InChI=1S/C10H16ClN3O2/c1-7-8(2)13-10(9(11)12-7)14(3-5-15)4-6-16/h15-16H,3-6H2,1-2H3. The van der Waals surface area contributed by atoms with Gasteiger partial charge in [-0.3, -0.25) is 0 Å². The lowest BCUT2D eigenvalue weighted by Gasteiger charge is -2.22. The summed E-state index contributed by atoms with van der Waals surface area (Å²) in [4.78, 5) is 10.2. The number of rotatable bonds is 5. The van der Waals surface area contributed by atoms with Crippen LogP contribution in [0.1, 0.15) is 11.4 Å². The molecule has 0 aromatic carbocycles. The fourth-order valence-electron chi connectivity index (χ4n) is 1.33. The minimum atomic E-state index is -0.0229. The first-order valence-electron chi connectivity index (χ1n) is 5.07. The topological polar surface area (TPSA) is 69.5 Å². The Kier molecular flexibility index (Phi) is 4.92. The molecule has 0 saturated heterocycles. The van der Waals surface area contributed by atoms with E-state index in [1.807, 2.05) is 13.8 Å². The zero-order valence-electron chi connectivity index (χ0n) is 9.44. The van der Waals surface area contributed by atoms with Gasteiger partial charge in [0.1, 0.15) is 0 Å². The molecule has 1 heterocycles. The van der Waals surface area contributed by atoms with Crippen molar-refractivity contribution in [3.8, 4) is 0 Å². The summed E-state index contributed by atoms with van der Waals surface area (Å²) in [6.45, 7) is 4.38. The number of hydrogen-bond donors (Lipinski definition) is 2. The number of aryl methyl sites for hydroxylation is 2. The van der Waals surface area contributed by atoms with E-state index in [1.165, 1.54) is 0 Å². The molecule has 0 radical (unpaired) electrons. The van der Waals surface area contributed by atoms with Gasteiger partial charge in [-0.15, -0.1) is 0 Å². The molecule has 0 aliphatic rings. The molecule has 0 atom stereocenters. The van der Waals surface area contributed by atoms with E-state index in [4.69, 9.17) is 21.8 Å². The van der Waals surface area contributed by atoms with Gasteiger partial charge in [0.15, 0.2) is 11.0 Å². The first kappa shape index (κ1) is 13.2. The lowest BCUT2D eigenvalue weighted by atomic mass is 10.3. The van der Waals surface area contributed by atoms with Gasteiger partial charge >= 0.3 is 0 Å². The molecule has 16 heavy (non-hydrogen) atoms. The van der Waals surface area contributed by atoms with Crippen molar-refractivity contribution in [3.05, 3.63) is 16.5 Å². The van der Waals surface area contributed by atoms with Gasteiger partial charge < -0.3 is 15.1 Å². The highest BCUT2D eigenvalue weighted by Crippen LogP contribution is 2.22. The molecule has 0 bridgehead atoms. The monoisotopic (exact) mass is 245 g/mol. The Balaban J connectivity index is 3.03. The van der Waals surface area contributed by atoms with Crippen LogP contribution >= 0.6 is 11.6 Å². The molecule has 5 nitrogen and oxygen atoms in total. The maximum atomic E-state index is 8.92. The van der Waals surface area contributed by atoms with E-state index < -0.39 is 0 Å². The molecule has 0 fully saturated rings. The van der Waals surface area contributed by atoms with Gasteiger partial charge in [0.2, 0.25) is 0 Å². The predicted octanol–water partition coefficient (Wildman–Crippen LogP) is 0.538. The molecular formula is C10H16ClN3O2. The molecule has 6 heteroatoms. The molecule has 0 aliphatic heterocycles. The molecule has 0 spiro atoms. The van der Waals surface area contributed by atoms with Crippen LogP contribution in [0, 0.1) is 13.8 Å². The van der Waals surface area contributed by atoms with E-state index in [0.717, 1.165) is 11.4 Å². The van der Waals surface area contributed by atoms with Crippen molar-refractivity contribution in [2.24, 2.45) is 0 Å². The number of halogens is 1. The number of aromatic nitrogens is 2. The van der Waals surface area contributed by atoms with Gasteiger partial charge in [-0.05, 0) is 13.8 Å². The van der Waals surface area contributed by atoms with Gasteiger partial charge in [-0.25, -0.2) is 9.97 Å². The van der Waals surface area contributed by atoms with Crippen molar-refractivity contribution in [3.63, 3.8) is 0 Å². The maximum absolute atomic E-state index is 8.92. The summed E-state index contributed by atoms with van der Waals surface area (Å²) < 4.78 is 0. The van der Waals surface area contributed by atoms with Crippen molar-refractivity contribution in [2.45, 2.75) is 13.8 Å². The Morgan fingerprint density at radius 2 is 1.56 bits per heavy atom. The van der Waals surface area contributed by atoms with E-state index in [0.29, 0.717) is 24.1 Å². The molecule has 0 aliphatic carbocycles. The minimum Gasteiger partial charge on any atom is -0.395 e. The molecular weight excluding hydrogens is 230 g/mol. The quantitative estimate of drug-likeness (QED) is 0.792. The van der Waals surface area contributed by atoms with Crippen molar-refractivity contribution < 1.29 is 10.2 Å². The summed E-state index contributed by atoms with van der Waals surface area (Å²) in [5, 5.41) is 18.1. The molecule has 1 rings (SSSR count). The fraction of sp³-hybridized carbons (Fsp3) is 0.600. The number of hydrogen-bond acceptors (Lipinski definition) is 5. The Morgan fingerprint density at radius 1 is 1.06 bits per heavy atom. The highest BCUT2D eigenvalue weighted by Gasteiger charge is 2.14. The van der Waals surface area contributed by atoms with Crippen molar-refractivity contribution in [2.75, 3.05) is 31.2 Å². The van der Waals surface area contributed by atoms with Gasteiger partial charge in [-0.2, -0.15) is 0 Å². The predicted molar refractivity (Wildman–Crippen MR) is 62.9 cm³/mol. The molecule has 90 valence electrons. The summed E-state index contributed by atoms with van der Waals surface area (Å²) in [7, 11) is 0.